The number of carbonyl (C=O) groups excluding carboxylic acids is 1. The zero-order valence-electron chi connectivity index (χ0n) is 18.0. The van der Waals surface area contributed by atoms with Gasteiger partial charge >= 0.3 is 0 Å². The standard InChI is InChI=1S/C21H30N6O2S/c1-24-20(22-23-21(24)30-3)17-8-6-10-27(17)15-19(28)26-13-11-25(12-14-26)16-7-4-5-9-18(16)29-2/h4-5,7,9,17H,6,8,10-15H2,1-3H3. The van der Waals surface area contributed by atoms with Gasteiger partial charge in [-0.25, -0.2) is 0 Å². The number of aromatic nitrogens is 3. The highest BCUT2D eigenvalue weighted by Crippen LogP contribution is 2.32. The molecule has 9 heteroatoms. The third-order valence-corrected chi connectivity index (χ3v) is 6.83. The quantitative estimate of drug-likeness (QED) is 0.650. The number of rotatable bonds is 6. The summed E-state index contributed by atoms with van der Waals surface area (Å²) in [4.78, 5) is 19.6. The third-order valence-electron chi connectivity index (χ3n) is 6.11. The van der Waals surface area contributed by atoms with Crippen LogP contribution in [0.25, 0.3) is 0 Å². The van der Waals surface area contributed by atoms with Gasteiger partial charge in [-0.15, -0.1) is 10.2 Å². The van der Waals surface area contributed by atoms with Gasteiger partial charge in [0.25, 0.3) is 0 Å². The van der Waals surface area contributed by atoms with Crippen LogP contribution in [0.15, 0.2) is 29.4 Å². The number of benzene rings is 1. The van der Waals surface area contributed by atoms with Crippen molar-refractivity contribution < 1.29 is 9.53 Å². The van der Waals surface area contributed by atoms with Crippen LogP contribution in [0.1, 0.15) is 24.7 Å². The van der Waals surface area contributed by atoms with Gasteiger partial charge in [0.15, 0.2) is 11.0 Å². The van der Waals surface area contributed by atoms with Gasteiger partial charge in [-0.1, -0.05) is 23.9 Å². The van der Waals surface area contributed by atoms with E-state index in [4.69, 9.17) is 4.74 Å². The molecule has 0 aliphatic carbocycles. The Labute approximate surface area is 182 Å². The van der Waals surface area contributed by atoms with Gasteiger partial charge in [0.1, 0.15) is 5.75 Å². The molecule has 1 aromatic carbocycles. The van der Waals surface area contributed by atoms with E-state index in [-0.39, 0.29) is 11.9 Å². The Morgan fingerprint density at radius 2 is 1.93 bits per heavy atom. The Morgan fingerprint density at radius 1 is 1.17 bits per heavy atom. The van der Waals surface area contributed by atoms with E-state index in [1.54, 1.807) is 18.9 Å². The SMILES string of the molecule is COc1ccccc1N1CCN(C(=O)CN2CCCC2c2nnc(SC)n2C)CC1. The van der Waals surface area contributed by atoms with Crippen LogP contribution in [0.3, 0.4) is 0 Å². The smallest absolute Gasteiger partial charge is 0.236 e. The topological polar surface area (TPSA) is 66.7 Å². The molecular weight excluding hydrogens is 400 g/mol. The molecule has 3 heterocycles. The van der Waals surface area contributed by atoms with E-state index >= 15 is 0 Å². The van der Waals surface area contributed by atoms with Gasteiger partial charge in [0.05, 0.1) is 25.4 Å². The minimum Gasteiger partial charge on any atom is -0.495 e. The average molecular weight is 431 g/mol. The Balaban J connectivity index is 1.36. The number of carbonyl (C=O) groups is 1. The number of para-hydroxylation sites is 2. The van der Waals surface area contributed by atoms with E-state index in [9.17, 15) is 4.79 Å². The lowest BCUT2D eigenvalue weighted by molar-refractivity contribution is -0.133. The number of likely N-dealkylation sites (tertiary alicyclic amines) is 1. The summed E-state index contributed by atoms with van der Waals surface area (Å²) in [5.41, 5.74) is 1.10. The Hall–Kier alpha value is -2.26. The molecule has 1 amide bonds. The number of piperazine rings is 1. The van der Waals surface area contributed by atoms with Gasteiger partial charge in [-0.05, 0) is 37.8 Å². The maximum atomic E-state index is 13.0. The fourth-order valence-corrected chi connectivity index (χ4v) is 4.95. The normalized spacial score (nSPS) is 20.0. The lowest BCUT2D eigenvalue weighted by Gasteiger charge is -2.37. The first-order chi connectivity index (χ1) is 14.6. The summed E-state index contributed by atoms with van der Waals surface area (Å²) in [7, 11) is 3.71. The summed E-state index contributed by atoms with van der Waals surface area (Å²) < 4.78 is 7.55. The first-order valence-corrected chi connectivity index (χ1v) is 11.7. The summed E-state index contributed by atoms with van der Waals surface area (Å²) >= 11 is 1.60. The van der Waals surface area contributed by atoms with Crippen molar-refractivity contribution in [2.75, 3.05) is 57.5 Å². The highest BCUT2D eigenvalue weighted by atomic mass is 32.2. The molecule has 2 saturated heterocycles. The Bertz CT molecular complexity index is 880. The predicted octanol–water partition coefficient (Wildman–Crippen LogP) is 2.03. The minimum atomic E-state index is 0.169. The molecule has 162 valence electrons. The molecule has 30 heavy (non-hydrogen) atoms. The number of hydrogen-bond acceptors (Lipinski definition) is 7. The van der Waals surface area contributed by atoms with E-state index in [2.05, 4.69) is 30.6 Å². The second kappa shape index (κ2) is 9.26. The van der Waals surface area contributed by atoms with Gasteiger partial charge in [-0.2, -0.15) is 0 Å². The summed E-state index contributed by atoms with van der Waals surface area (Å²) in [6.45, 7) is 4.47. The van der Waals surface area contributed by atoms with Gasteiger partial charge in [0.2, 0.25) is 5.91 Å². The van der Waals surface area contributed by atoms with Crippen LogP contribution in [-0.4, -0.2) is 83.1 Å². The molecule has 2 aliphatic heterocycles. The van der Waals surface area contributed by atoms with Crippen molar-refractivity contribution in [1.29, 1.82) is 0 Å². The predicted molar refractivity (Wildman–Crippen MR) is 118 cm³/mol. The molecule has 0 radical (unpaired) electrons. The number of ether oxygens (including phenoxy) is 1. The van der Waals surface area contributed by atoms with Gasteiger partial charge < -0.3 is 19.1 Å². The molecule has 1 aromatic heterocycles. The maximum Gasteiger partial charge on any atom is 0.236 e. The van der Waals surface area contributed by atoms with Crippen LogP contribution in [0.2, 0.25) is 0 Å². The third kappa shape index (κ3) is 4.13. The van der Waals surface area contributed by atoms with Crippen LogP contribution in [0.4, 0.5) is 5.69 Å². The molecule has 2 aromatic rings. The lowest BCUT2D eigenvalue weighted by Crippen LogP contribution is -2.51. The maximum absolute atomic E-state index is 13.0. The lowest BCUT2D eigenvalue weighted by atomic mass is 10.2. The van der Waals surface area contributed by atoms with E-state index in [0.29, 0.717) is 6.54 Å². The van der Waals surface area contributed by atoms with E-state index < -0.39 is 0 Å². The minimum absolute atomic E-state index is 0.169. The van der Waals surface area contributed by atoms with Crippen molar-refractivity contribution >= 4 is 23.4 Å². The Morgan fingerprint density at radius 3 is 2.63 bits per heavy atom. The van der Waals surface area contributed by atoms with Crippen molar-refractivity contribution in [3.63, 3.8) is 0 Å². The molecular formula is C21H30N6O2S. The number of anilines is 1. The molecule has 2 aliphatic rings. The zero-order valence-corrected chi connectivity index (χ0v) is 18.8. The second-order valence-corrected chi connectivity index (χ2v) is 8.55. The average Bonchev–Trinajstić information content (AvgIpc) is 3.39. The number of nitrogens with zero attached hydrogens (tertiary/aromatic N) is 6. The zero-order chi connectivity index (χ0) is 21.1. The van der Waals surface area contributed by atoms with Gasteiger partial charge in [0, 0.05) is 33.2 Å². The Kier molecular flexibility index (Phi) is 6.48. The summed E-state index contributed by atoms with van der Waals surface area (Å²) in [5.74, 6) is 2.05. The fraction of sp³-hybridized carbons (Fsp3) is 0.571. The van der Waals surface area contributed by atoms with Crippen molar-refractivity contribution in [3.8, 4) is 5.75 Å². The summed E-state index contributed by atoms with van der Waals surface area (Å²) in [6, 6.07) is 8.23. The first kappa shape index (κ1) is 21.0. The van der Waals surface area contributed by atoms with Crippen LogP contribution in [0, 0.1) is 0 Å². The molecule has 4 rings (SSSR count). The van der Waals surface area contributed by atoms with E-state index in [1.165, 1.54) is 0 Å². The van der Waals surface area contributed by atoms with Crippen molar-refractivity contribution in [1.82, 2.24) is 24.6 Å². The fourth-order valence-electron chi connectivity index (χ4n) is 4.46. The van der Waals surface area contributed by atoms with E-state index in [0.717, 1.165) is 68.0 Å². The molecule has 1 unspecified atom stereocenters. The van der Waals surface area contributed by atoms with Crippen molar-refractivity contribution in [2.24, 2.45) is 7.05 Å². The van der Waals surface area contributed by atoms with Gasteiger partial charge in [-0.3, -0.25) is 9.69 Å². The van der Waals surface area contributed by atoms with Crippen LogP contribution < -0.4 is 9.64 Å². The largest absolute Gasteiger partial charge is 0.495 e. The van der Waals surface area contributed by atoms with Crippen molar-refractivity contribution in [2.45, 2.75) is 24.0 Å². The highest BCUT2D eigenvalue weighted by molar-refractivity contribution is 7.98. The van der Waals surface area contributed by atoms with Crippen LogP contribution in [-0.2, 0) is 11.8 Å². The molecule has 8 nitrogen and oxygen atoms in total. The van der Waals surface area contributed by atoms with E-state index in [1.807, 2.05) is 36.4 Å². The van der Waals surface area contributed by atoms with Crippen LogP contribution in [0.5, 0.6) is 5.75 Å². The van der Waals surface area contributed by atoms with Crippen molar-refractivity contribution in [3.05, 3.63) is 30.1 Å². The second-order valence-electron chi connectivity index (χ2n) is 7.77. The number of amides is 1. The first-order valence-electron chi connectivity index (χ1n) is 10.5. The number of methoxy groups -OCH3 is 1. The molecule has 0 bridgehead atoms. The molecule has 1 atom stereocenters. The van der Waals surface area contributed by atoms with Crippen LogP contribution >= 0.6 is 11.8 Å². The molecule has 0 saturated carbocycles. The number of thioether (sulfide) groups is 1. The molecule has 0 N–H and O–H groups in total. The highest BCUT2D eigenvalue weighted by Gasteiger charge is 2.33. The summed E-state index contributed by atoms with van der Waals surface area (Å²) in [6.07, 6.45) is 4.12. The summed E-state index contributed by atoms with van der Waals surface area (Å²) in [5, 5.41) is 9.59. The molecule has 0 spiro atoms. The number of hydrogen-bond donors (Lipinski definition) is 0. The molecule has 2 fully saturated rings. The monoisotopic (exact) mass is 430 g/mol.